The third kappa shape index (κ3) is 9.69. The predicted octanol–water partition coefficient (Wildman–Crippen LogP) is 5.26. The van der Waals surface area contributed by atoms with Gasteiger partial charge in [0.2, 0.25) is 0 Å². The first-order valence-corrected chi connectivity index (χ1v) is 10.3. The summed E-state index contributed by atoms with van der Waals surface area (Å²) >= 11 is 0. The smallest absolute Gasteiger partial charge is 0.0597 e. The third-order valence-corrected chi connectivity index (χ3v) is 5.22. The fraction of sp³-hybridized carbons (Fsp3) is 1.00. The van der Waals surface area contributed by atoms with Crippen LogP contribution in [0, 0.1) is 0 Å². The van der Waals surface area contributed by atoms with Crippen LogP contribution in [0.1, 0.15) is 89.9 Å². The summed E-state index contributed by atoms with van der Waals surface area (Å²) in [7, 11) is 0. The molecule has 3 heteroatoms. The monoisotopic (exact) mass is 326 g/mol. The lowest BCUT2D eigenvalue weighted by Gasteiger charge is -2.26. The maximum atomic E-state index is 5.74. The molecule has 2 aliphatic rings. The first kappa shape index (κ1) is 19.2. The molecule has 2 unspecified atom stereocenters. The lowest BCUT2D eigenvalue weighted by molar-refractivity contribution is -0.0557. The average Bonchev–Trinajstić information content (AvgIpc) is 2.46. The molecule has 2 atom stereocenters. The van der Waals surface area contributed by atoms with E-state index >= 15 is 0 Å². The highest BCUT2D eigenvalue weighted by Gasteiger charge is 2.17. The van der Waals surface area contributed by atoms with Crippen molar-refractivity contribution < 1.29 is 14.2 Å². The van der Waals surface area contributed by atoms with E-state index in [9.17, 15) is 0 Å². The van der Waals surface area contributed by atoms with E-state index in [4.69, 9.17) is 14.2 Å². The zero-order valence-electron chi connectivity index (χ0n) is 15.1. The zero-order chi connectivity index (χ0) is 16.0. The molecule has 2 rings (SSSR count). The Morgan fingerprint density at radius 1 is 0.565 bits per heavy atom. The highest BCUT2D eigenvalue weighted by Crippen LogP contribution is 2.19. The van der Waals surface area contributed by atoms with Gasteiger partial charge in [0.1, 0.15) is 0 Å². The second-order valence-electron chi connectivity index (χ2n) is 7.29. The minimum Gasteiger partial charge on any atom is -0.381 e. The van der Waals surface area contributed by atoms with Gasteiger partial charge >= 0.3 is 0 Å². The number of rotatable bonds is 16. The van der Waals surface area contributed by atoms with Crippen LogP contribution in [0.25, 0.3) is 0 Å². The quantitative estimate of drug-likeness (QED) is 0.362. The van der Waals surface area contributed by atoms with Crippen molar-refractivity contribution in [2.24, 2.45) is 0 Å². The largest absolute Gasteiger partial charge is 0.381 e. The molecular weight excluding hydrogens is 288 g/mol. The molecule has 0 saturated carbocycles. The van der Waals surface area contributed by atoms with Gasteiger partial charge in [-0.1, -0.05) is 51.4 Å². The molecule has 0 aliphatic carbocycles. The Morgan fingerprint density at radius 3 is 1.35 bits per heavy atom. The Labute approximate surface area is 143 Å². The van der Waals surface area contributed by atoms with Crippen molar-refractivity contribution in [3.05, 3.63) is 0 Å². The fourth-order valence-corrected chi connectivity index (χ4v) is 3.34. The van der Waals surface area contributed by atoms with Crippen molar-refractivity contribution in [2.75, 3.05) is 26.4 Å². The summed E-state index contributed by atoms with van der Waals surface area (Å²) in [5, 5.41) is 0. The second-order valence-corrected chi connectivity index (χ2v) is 7.29. The molecule has 0 spiro atoms. The molecule has 23 heavy (non-hydrogen) atoms. The summed E-state index contributed by atoms with van der Waals surface area (Å²) in [6, 6.07) is 0. The van der Waals surface area contributed by atoms with Gasteiger partial charge in [0.05, 0.1) is 12.2 Å². The molecule has 0 N–H and O–H groups in total. The lowest BCUT2D eigenvalue weighted by atomic mass is 10.0. The van der Waals surface area contributed by atoms with Gasteiger partial charge in [0.25, 0.3) is 0 Å². The first-order chi connectivity index (χ1) is 11.4. The molecule has 0 aromatic heterocycles. The van der Waals surface area contributed by atoms with Crippen molar-refractivity contribution in [1.29, 1.82) is 0 Å². The molecule has 0 bridgehead atoms. The molecule has 0 aromatic rings. The normalized spacial score (nSPS) is 23.5. The van der Waals surface area contributed by atoms with Crippen molar-refractivity contribution >= 4 is 0 Å². The van der Waals surface area contributed by atoms with Crippen LogP contribution in [-0.4, -0.2) is 38.6 Å². The van der Waals surface area contributed by atoms with Gasteiger partial charge in [0.15, 0.2) is 0 Å². The van der Waals surface area contributed by atoms with Crippen LogP contribution < -0.4 is 0 Å². The van der Waals surface area contributed by atoms with E-state index in [2.05, 4.69) is 0 Å². The molecule has 0 aromatic carbocycles. The van der Waals surface area contributed by atoms with Crippen LogP contribution in [0.3, 0.4) is 0 Å². The number of unbranched alkanes of at least 4 members (excludes halogenated alkanes) is 8. The van der Waals surface area contributed by atoms with Gasteiger partial charge < -0.3 is 14.2 Å². The summed E-state index contributed by atoms with van der Waals surface area (Å²) in [5.41, 5.74) is 0. The average molecular weight is 327 g/mol. The van der Waals surface area contributed by atoms with E-state index in [0.717, 1.165) is 26.4 Å². The number of hydrogen-bond acceptors (Lipinski definition) is 3. The maximum Gasteiger partial charge on any atom is 0.0597 e. The molecule has 136 valence electrons. The summed E-state index contributed by atoms with van der Waals surface area (Å²) in [5.74, 6) is 0. The van der Waals surface area contributed by atoms with E-state index in [1.54, 1.807) is 0 Å². The minimum atomic E-state index is 0.602. The molecule has 2 heterocycles. The fourth-order valence-electron chi connectivity index (χ4n) is 3.34. The number of ether oxygens (including phenoxy) is 3. The molecule has 2 aliphatic heterocycles. The van der Waals surface area contributed by atoms with Gasteiger partial charge in [-0.3, -0.25) is 0 Å². The molecule has 0 radical (unpaired) electrons. The van der Waals surface area contributed by atoms with Crippen LogP contribution >= 0.6 is 0 Å². The molecule has 2 saturated heterocycles. The van der Waals surface area contributed by atoms with E-state index < -0.39 is 0 Å². The topological polar surface area (TPSA) is 27.7 Å². The Morgan fingerprint density at radius 2 is 0.957 bits per heavy atom. The van der Waals surface area contributed by atoms with Crippen molar-refractivity contribution in [3.8, 4) is 0 Å². The Balaban J connectivity index is 1.17. The molecular formula is C20H38O3. The summed E-state index contributed by atoms with van der Waals surface area (Å²) in [4.78, 5) is 0. The maximum absolute atomic E-state index is 5.74. The van der Waals surface area contributed by atoms with Crippen LogP contribution in [0.5, 0.6) is 0 Å². The van der Waals surface area contributed by atoms with Crippen LogP contribution in [-0.2, 0) is 14.2 Å². The molecule has 3 nitrogen and oxygen atoms in total. The van der Waals surface area contributed by atoms with Gasteiger partial charge in [-0.05, 0) is 38.5 Å². The lowest BCUT2D eigenvalue weighted by Crippen LogP contribution is -2.26. The predicted molar refractivity (Wildman–Crippen MR) is 94.9 cm³/mol. The molecule has 2 fully saturated rings. The van der Waals surface area contributed by atoms with Crippen molar-refractivity contribution in [3.63, 3.8) is 0 Å². The van der Waals surface area contributed by atoms with Crippen LogP contribution in [0.15, 0.2) is 0 Å². The Hall–Kier alpha value is -0.120. The SMILES string of the molecule is C(CCCOCCCCCCCC1CCO1)CCCC1CCO1. The number of hydrogen-bond donors (Lipinski definition) is 0. The highest BCUT2D eigenvalue weighted by molar-refractivity contribution is 4.66. The van der Waals surface area contributed by atoms with Gasteiger partial charge in [-0.15, -0.1) is 0 Å². The summed E-state index contributed by atoms with van der Waals surface area (Å²) in [6.45, 7) is 3.92. The standard InChI is InChI=1S/C20H38O3/c1(3-7-11-19-13-17-22-19)5-9-15-21-16-10-6-2-4-8-12-20-14-18-23-20/h19-20H,1-18H2. The van der Waals surface area contributed by atoms with E-state index in [1.165, 1.54) is 89.9 Å². The van der Waals surface area contributed by atoms with E-state index in [1.807, 2.05) is 0 Å². The Bertz CT molecular complexity index is 236. The summed E-state index contributed by atoms with van der Waals surface area (Å²) < 4.78 is 16.6. The van der Waals surface area contributed by atoms with E-state index in [-0.39, 0.29) is 0 Å². The zero-order valence-corrected chi connectivity index (χ0v) is 15.1. The summed E-state index contributed by atoms with van der Waals surface area (Å²) in [6.07, 6.45) is 19.6. The minimum absolute atomic E-state index is 0.602. The third-order valence-electron chi connectivity index (χ3n) is 5.22. The van der Waals surface area contributed by atoms with Crippen molar-refractivity contribution in [2.45, 2.75) is 102 Å². The first-order valence-electron chi connectivity index (χ1n) is 10.3. The van der Waals surface area contributed by atoms with Gasteiger partial charge in [-0.25, -0.2) is 0 Å². The second kappa shape index (κ2) is 13.2. The highest BCUT2D eigenvalue weighted by atomic mass is 16.5. The van der Waals surface area contributed by atoms with Gasteiger partial charge in [-0.2, -0.15) is 0 Å². The van der Waals surface area contributed by atoms with Gasteiger partial charge in [0, 0.05) is 26.4 Å². The van der Waals surface area contributed by atoms with Crippen molar-refractivity contribution in [1.82, 2.24) is 0 Å². The van der Waals surface area contributed by atoms with Crippen LogP contribution in [0.2, 0.25) is 0 Å². The molecule has 0 amide bonds. The van der Waals surface area contributed by atoms with E-state index in [0.29, 0.717) is 12.2 Å². The van der Waals surface area contributed by atoms with Crippen LogP contribution in [0.4, 0.5) is 0 Å². The Kier molecular flexibility index (Phi) is 11.0.